The van der Waals surface area contributed by atoms with Crippen molar-refractivity contribution in [2.45, 2.75) is 31.0 Å². The van der Waals surface area contributed by atoms with Gasteiger partial charge < -0.3 is 16.6 Å². The van der Waals surface area contributed by atoms with Crippen molar-refractivity contribution in [1.29, 1.82) is 0 Å². The lowest BCUT2D eigenvalue weighted by molar-refractivity contribution is 0.239. The first-order valence-corrected chi connectivity index (χ1v) is 2.80. The quantitative estimate of drug-likeness (QED) is 0.403. The van der Waals surface area contributed by atoms with Crippen LogP contribution in [0, 0.1) is 0 Å². The van der Waals surface area contributed by atoms with Crippen LogP contribution in [-0.2, 0) is 0 Å². The molecule has 0 saturated heterocycles. The summed E-state index contributed by atoms with van der Waals surface area (Å²) in [5, 5.41) is 8.85. The van der Waals surface area contributed by atoms with E-state index < -0.39 is 5.54 Å². The molecule has 0 aromatic carbocycles. The number of hydrogen-bond acceptors (Lipinski definition) is 3. The summed E-state index contributed by atoms with van der Waals surface area (Å²) in [6.07, 6.45) is 0.299. The summed E-state index contributed by atoms with van der Waals surface area (Å²) in [5.74, 6) is 0. The molecule has 1 saturated carbocycles. The van der Waals surface area contributed by atoms with Crippen molar-refractivity contribution < 1.29 is 5.11 Å². The van der Waals surface area contributed by atoms with Crippen molar-refractivity contribution in [3.8, 4) is 0 Å². The molecule has 0 radical (unpaired) electrons. The Balaban J connectivity index is 2.47. The first-order valence-electron chi connectivity index (χ1n) is 2.80. The van der Waals surface area contributed by atoms with Crippen molar-refractivity contribution >= 4 is 0 Å². The molecule has 0 heterocycles. The van der Waals surface area contributed by atoms with E-state index in [0.717, 1.165) is 0 Å². The predicted octanol–water partition coefficient (Wildman–Crippen LogP) is -1.20. The molecule has 0 aliphatic heterocycles. The van der Waals surface area contributed by atoms with E-state index in [1.807, 2.05) is 6.92 Å². The highest BCUT2D eigenvalue weighted by molar-refractivity contribution is 5.13. The van der Waals surface area contributed by atoms with Gasteiger partial charge in [-0.2, -0.15) is 0 Å². The highest BCUT2D eigenvalue weighted by Crippen LogP contribution is 2.34. The van der Waals surface area contributed by atoms with E-state index in [0.29, 0.717) is 6.42 Å². The van der Waals surface area contributed by atoms with Crippen LogP contribution in [0.4, 0.5) is 0 Å². The lowest BCUT2D eigenvalue weighted by atomic mass is 10.1. The molecule has 5 N–H and O–H groups in total. The van der Waals surface area contributed by atoms with Crippen molar-refractivity contribution in [2.24, 2.45) is 11.5 Å². The molecule has 1 aliphatic carbocycles. The molecule has 8 heavy (non-hydrogen) atoms. The Hall–Kier alpha value is -0.120. The van der Waals surface area contributed by atoms with Crippen LogP contribution in [0.3, 0.4) is 0 Å². The first-order chi connectivity index (χ1) is 3.57. The Morgan fingerprint density at radius 1 is 1.88 bits per heavy atom. The number of rotatable bonds is 1. The molecule has 3 nitrogen and oxygen atoms in total. The van der Waals surface area contributed by atoms with Crippen LogP contribution in [0.2, 0.25) is 0 Å². The molecule has 1 fully saturated rings. The first kappa shape index (κ1) is 6.01. The summed E-state index contributed by atoms with van der Waals surface area (Å²) in [6.45, 7) is 1.82. The third-order valence-electron chi connectivity index (χ3n) is 1.85. The summed E-state index contributed by atoms with van der Waals surface area (Å²) in [5.41, 5.74) is 10.5. The average molecular weight is 116 g/mol. The maximum atomic E-state index is 8.85. The second kappa shape index (κ2) is 1.43. The molecule has 1 rings (SSSR count). The number of aliphatic hydroxyl groups is 1. The molecule has 0 bridgehead atoms. The van der Waals surface area contributed by atoms with E-state index in [1.54, 1.807) is 0 Å². The SMILES string of the molecule is CC(N)C1(N)CC1O. The van der Waals surface area contributed by atoms with Gasteiger partial charge >= 0.3 is 0 Å². The molecule has 0 amide bonds. The number of nitrogens with two attached hydrogens (primary N) is 2. The molecular formula is C5H12N2O. The van der Waals surface area contributed by atoms with Crippen LogP contribution in [0.15, 0.2) is 0 Å². The van der Waals surface area contributed by atoms with Gasteiger partial charge in [0.2, 0.25) is 0 Å². The highest BCUT2D eigenvalue weighted by atomic mass is 16.3. The summed E-state index contributed by atoms with van der Waals surface area (Å²) in [4.78, 5) is 0. The molecule has 0 spiro atoms. The van der Waals surface area contributed by atoms with Gasteiger partial charge in [-0.15, -0.1) is 0 Å². The predicted molar refractivity (Wildman–Crippen MR) is 31.2 cm³/mol. The van der Waals surface area contributed by atoms with Gasteiger partial charge in [0.15, 0.2) is 0 Å². The van der Waals surface area contributed by atoms with E-state index >= 15 is 0 Å². The monoisotopic (exact) mass is 116 g/mol. The lowest BCUT2D eigenvalue weighted by Crippen LogP contribution is -2.44. The lowest BCUT2D eigenvalue weighted by Gasteiger charge is -2.12. The highest BCUT2D eigenvalue weighted by Gasteiger charge is 2.52. The molecule has 0 aromatic rings. The molecular weight excluding hydrogens is 104 g/mol. The van der Waals surface area contributed by atoms with Crippen molar-refractivity contribution in [3.05, 3.63) is 0 Å². The van der Waals surface area contributed by atoms with Gasteiger partial charge in [-0.05, 0) is 13.3 Å². The van der Waals surface area contributed by atoms with E-state index in [2.05, 4.69) is 0 Å². The third kappa shape index (κ3) is 0.632. The fourth-order valence-corrected chi connectivity index (χ4v) is 0.765. The second-order valence-corrected chi connectivity index (χ2v) is 2.62. The Morgan fingerprint density at radius 3 is 2.25 bits per heavy atom. The van der Waals surface area contributed by atoms with Crippen LogP contribution in [0.25, 0.3) is 0 Å². The fraction of sp³-hybridized carbons (Fsp3) is 1.00. The Morgan fingerprint density at radius 2 is 2.25 bits per heavy atom. The van der Waals surface area contributed by atoms with E-state index in [4.69, 9.17) is 16.6 Å². The zero-order chi connectivity index (χ0) is 6.36. The van der Waals surface area contributed by atoms with E-state index in [9.17, 15) is 0 Å². The minimum Gasteiger partial charge on any atom is -0.391 e. The van der Waals surface area contributed by atoms with Gasteiger partial charge in [-0.1, -0.05) is 0 Å². The summed E-state index contributed by atoms with van der Waals surface area (Å²) in [7, 11) is 0. The van der Waals surface area contributed by atoms with Gasteiger partial charge in [0, 0.05) is 6.04 Å². The van der Waals surface area contributed by atoms with Crippen LogP contribution in [0.1, 0.15) is 13.3 Å². The standard InChI is InChI=1S/C5H12N2O/c1-3(6)5(7)2-4(5)8/h3-4,8H,2,6-7H2,1H3. The Labute approximate surface area is 48.7 Å². The van der Waals surface area contributed by atoms with Crippen LogP contribution >= 0.6 is 0 Å². The minimum absolute atomic E-state index is 0.0856. The van der Waals surface area contributed by atoms with Crippen molar-refractivity contribution in [2.75, 3.05) is 0 Å². The largest absolute Gasteiger partial charge is 0.391 e. The van der Waals surface area contributed by atoms with Crippen molar-refractivity contribution in [1.82, 2.24) is 0 Å². The molecule has 48 valence electrons. The summed E-state index contributed by atoms with van der Waals surface area (Å²) in [6, 6.07) is -0.0856. The maximum Gasteiger partial charge on any atom is 0.0754 e. The molecule has 3 atom stereocenters. The summed E-state index contributed by atoms with van der Waals surface area (Å²) < 4.78 is 0. The molecule has 0 aromatic heterocycles. The van der Waals surface area contributed by atoms with Gasteiger partial charge in [-0.3, -0.25) is 0 Å². The van der Waals surface area contributed by atoms with Crippen LogP contribution in [-0.4, -0.2) is 22.8 Å². The van der Waals surface area contributed by atoms with Gasteiger partial charge in [0.1, 0.15) is 0 Å². The normalized spacial score (nSPS) is 48.8. The van der Waals surface area contributed by atoms with Gasteiger partial charge in [0.25, 0.3) is 0 Å². The molecule has 1 aliphatic rings. The minimum atomic E-state index is -0.458. The Bertz CT molecular complexity index is 105. The zero-order valence-electron chi connectivity index (χ0n) is 4.96. The fourth-order valence-electron chi connectivity index (χ4n) is 0.765. The summed E-state index contributed by atoms with van der Waals surface area (Å²) >= 11 is 0. The molecule has 3 heteroatoms. The van der Waals surface area contributed by atoms with E-state index in [1.165, 1.54) is 0 Å². The van der Waals surface area contributed by atoms with Gasteiger partial charge in [0.05, 0.1) is 11.6 Å². The molecule has 3 unspecified atom stereocenters. The third-order valence-corrected chi connectivity index (χ3v) is 1.85. The smallest absolute Gasteiger partial charge is 0.0754 e. The van der Waals surface area contributed by atoms with Crippen molar-refractivity contribution in [3.63, 3.8) is 0 Å². The Kier molecular flexibility index (Phi) is 1.08. The maximum absolute atomic E-state index is 8.85. The zero-order valence-corrected chi connectivity index (χ0v) is 4.96. The topological polar surface area (TPSA) is 72.3 Å². The van der Waals surface area contributed by atoms with Crippen LogP contribution < -0.4 is 11.5 Å². The average Bonchev–Trinajstić information content (AvgIpc) is 2.17. The number of aliphatic hydroxyl groups excluding tert-OH is 1. The van der Waals surface area contributed by atoms with Crippen LogP contribution in [0.5, 0.6) is 0 Å². The van der Waals surface area contributed by atoms with Gasteiger partial charge in [-0.25, -0.2) is 0 Å². The van der Waals surface area contributed by atoms with E-state index in [-0.39, 0.29) is 12.1 Å². The second-order valence-electron chi connectivity index (χ2n) is 2.62. The number of hydrogen-bond donors (Lipinski definition) is 3.